The number of anilines is 2. The average molecular weight is 262 g/mol. The number of nitrogens with zero attached hydrogens (tertiary/aromatic N) is 3. The summed E-state index contributed by atoms with van der Waals surface area (Å²) in [5.74, 6) is 0.630. The number of nitriles is 1. The van der Waals surface area contributed by atoms with Gasteiger partial charge >= 0.3 is 0 Å². The van der Waals surface area contributed by atoms with Gasteiger partial charge < -0.3 is 20.5 Å². The van der Waals surface area contributed by atoms with Gasteiger partial charge in [-0.2, -0.15) is 5.26 Å². The van der Waals surface area contributed by atoms with E-state index in [0.29, 0.717) is 44.1 Å². The standard InChI is InChI=1S/C13H18N4O2/c1-17(9-13(18)4-6-19-7-5-13)12-3-2-10(15)11(8-14)16-12/h2-3,18H,4-7,9,15H2,1H3. The van der Waals surface area contributed by atoms with E-state index in [1.807, 2.05) is 18.0 Å². The fourth-order valence-corrected chi connectivity index (χ4v) is 2.19. The minimum absolute atomic E-state index is 0.211. The molecule has 102 valence electrons. The molecule has 2 rings (SSSR count). The summed E-state index contributed by atoms with van der Waals surface area (Å²) in [6.45, 7) is 1.60. The van der Waals surface area contributed by atoms with Crippen molar-refractivity contribution in [3.63, 3.8) is 0 Å². The summed E-state index contributed by atoms with van der Waals surface area (Å²) >= 11 is 0. The molecule has 6 heteroatoms. The van der Waals surface area contributed by atoms with Gasteiger partial charge in [-0.05, 0) is 12.1 Å². The van der Waals surface area contributed by atoms with Crippen molar-refractivity contribution >= 4 is 11.5 Å². The fraction of sp³-hybridized carbons (Fsp3) is 0.538. The van der Waals surface area contributed by atoms with Crippen LogP contribution in [0.1, 0.15) is 18.5 Å². The van der Waals surface area contributed by atoms with Gasteiger partial charge in [0, 0.05) is 39.6 Å². The lowest BCUT2D eigenvalue weighted by Crippen LogP contribution is -2.46. The molecule has 1 aliphatic rings. The number of hydrogen-bond acceptors (Lipinski definition) is 6. The van der Waals surface area contributed by atoms with E-state index in [0.717, 1.165) is 0 Å². The summed E-state index contributed by atoms with van der Waals surface area (Å²) < 4.78 is 5.25. The molecular weight excluding hydrogens is 244 g/mol. The van der Waals surface area contributed by atoms with Crippen LogP contribution in [-0.4, -0.2) is 42.5 Å². The number of ether oxygens (including phenoxy) is 1. The van der Waals surface area contributed by atoms with E-state index < -0.39 is 5.60 Å². The molecule has 1 saturated heterocycles. The number of pyridine rings is 1. The molecule has 0 aliphatic carbocycles. The van der Waals surface area contributed by atoms with Crippen molar-refractivity contribution in [2.45, 2.75) is 18.4 Å². The van der Waals surface area contributed by atoms with Crippen LogP contribution in [0.15, 0.2) is 12.1 Å². The summed E-state index contributed by atoms with van der Waals surface area (Å²) in [5.41, 5.74) is 5.46. The third-order valence-electron chi connectivity index (χ3n) is 3.36. The van der Waals surface area contributed by atoms with Crippen LogP contribution < -0.4 is 10.6 Å². The Morgan fingerprint density at radius 2 is 2.21 bits per heavy atom. The number of aliphatic hydroxyl groups is 1. The summed E-state index contributed by atoms with van der Waals surface area (Å²) in [4.78, 5) is 6.02. The van der Waals surface area contributed by atoms with Gasteiger partial charge in [-0.3, -0.25) is 0 Å². The molecule has 1 aliphatic heterocycles. The first-order valence-corrected chi connectivity index (χ1v) is 6.22. The molecule has 1 aromatic rings. The zero-order chi connectivity index (χ0) is 13.9. The minimum Gasteiger partial charge on any atom is -0.396 e. The Morgan fingerprint density at radius 3 is 2.84 bits per heavy atom. The molecule has 3 N–H and O–H groups in total. The summed E-state index contributed by atoms with van der Waals surface area (Å²) in [6.07, 6.45) is 1.22. The highest BCUT2D eigenvalue weighted by Gasteiger charge is 2.31. The van der Waals surface area contributed by atoms with Crippen molar-refractivity contribution in [1.82, 2.24) is 4.98 Å². The molecular formula is C13H18N4O2. The predicted molar refractivity (Wildman–Crippen MR) is 71.6 cm³/mol. The second-order valence-electron chi connectivity index (χ2n) is 4.91. The smallest absolute Gasteiger partial charge is 0.165 e. The first-order chi connectivity index (χ1) is 9.04. The lowest BCUT2D eigenvalue weighted by Gasteiger charge is -2.35. The monoisotopic (exact) mass is 262 g/mol. The van der Waals surface area contributed by atoms with Crippen LogP contribution in [0.25, 0.3) is 0 Å². The summed E-state index contributed by atoms with van der Waals surface area (Å²) in [7, 11) is 1.84. The Bertz CT molecular complexity index is 492. The van der Waals surface area contributed by atoms with Gasteiger partial charge in [-0.15, -0.1) is 0 Å². The predicted octanol–water partition coefficient (Wildman–Crippen LogP) is 0.513. The lowest BCUT2D eigenvalue weighted by atomic mass is 9.94. The van der Waals surface area contributed by atoms with Crippen molar-refractivity contribution in [2.75, 3.05) is 37.4 Å². The minimum atomic E-state index is -0.761. The average Bonchev–Trinajstić information content (AvgIpc) is 2.39. The summed E-state index contributed by atoms with van der Waals surface area (Å²) in [6, 6.07) is 5.37. The van der Waals surface area contributed by atoms with Crippen molar-refractivity contribution in [1.29, 1.82) is 5.26 Å². The summed E-state index contributed by atoms with van der Waals surface area (Å²) in [5, 5.41) is 19.4. The van der Waals surface area contributed by atoms with Gasteiger partial charge in [0.25, 0.3) is 0 Å². The third-order valence-corrected chi connectivity index (χ3v) is 3.36. The van der Waals surface area contributed by atoms with Crippen molar-refractivity contribution in [3.05, 3.63) is 17.8 Å². The Labute approximate surface area is 112 Å². The zero-order valence-electron chi connectivity index (χ0n) is 11.0. The molecule has 0 bridgehead atoms. The van der Waals surface area contributed by atoms with Crippen molar-refractivity contribution < 1.29 is 9.84 Å². The number of nitrogens with two attached hydrogens (primary N) is 1. The molecule has 0 atom stereocenters. The first-order valence-electron chi connectivity index (χ1n) is 6.22. The van der Waals surface area contributed by atoms with Crippen LogP contribution in [0.5, 0.6) is 0 Å². The second kappa shape index (κ2) is 5.43. The van der Waals surface area contributed by atoms with E-state index in [9.17, 15) is 5.11 Å². The van der Waals surface area contributed by atoms with Crippen LogP contribution in [-0.2, 0) is 4.74 Å². The largest absolute Gasteiger partial charge is 0.396 e. The van der Waals surface area contributed by atoms with E-state index in [1.54, 1.807) is 12.1 Å². The van der Waals surface area contributed by atoms with Crippen LogP contribution in [0, 0.1) is 11.3 Å². The molecule has 0 amide bonds. The highest BCUT2D eigenvalue weighted by Crippen LogP contribution is 2.24. The van der Waals surface area contributed by atoms with Crippen LogP contribution in [0.3, 0.4) is 0 Å². The van der Waals surface area contributed by atoms with Gasteiger partial charge in [0.15, 0.2) is 5.69 Å². The van der Waals surface area contributed by atoms with Gasteiger partial charge in [0.1, 0.15) is 11.9 Å². The molecule has 0 aromatic carbocycles. The molecule has 0 radical (unpaired) electrons. The van der Waals surface area contributed by atoms with Gasteiger partial charge in [-0.1, -0.05) is 0 Å². The molecule has 0 spiro atoms. The van der Waals surface area contributed by atoms with Crippen molar-refractivity contribution in [2.24, 2.45) is 0 Å². The number of likely N-dealkylation sites (N-methyl/N-ethyl adjacent to an activating group) is 1. The molecule has 6 nitrogen and oxygen atoms in total. The van der Waals surface area contributed by atoms with E-state index in [4.69, 9.17) is 15.7 Å². The maximum Gasteiger partial charge on any atom is 0.165 e. The van der Waals surface area contributed by atoms with Gasteiger partial charge in [0.2, 0.25) is 0 Å². The van der Waals surface area contributed by atoms with Crippen LogP contribution in [0.4, 0.5) is 11.5 Å². The quantitative estimate of drug-likeness (QED) is 0.824. The lowest BCUT2D eigenvalue weighted by molar-refractivity contribution is -0.0573. The van der Waals surface area contributed by atoms with E-state index in [-0.39, 0.29) is 5.69 Å². The molecule has 0 unspecified atom stereocenters. The molecule has 0 saturated carbocycles. The van der Waals surface area contributed by atoms with E-state index in [1.165, 1.54) is 0 Å². The number of hydrogen-bond donors (Lipinski definition) is 2. The van der Waals surface area contributed by atoms with Gasteiger partial charge in [-0.25, -0.2) is 4.98 Å². The SMILES string of the molecule is CN(CC1(O)CCOCC1)c1ccc(N)c(C#N)n1. The number of rotatable bonds is 3. The Hall–Kier alpha value is -1.84. The van der Waals surface area contributed by atoms with E-state index in [2.05, 4.69) is 4.98 Å². The first kappa shape index (κ1) is 13.6. The van der Waals surface area contributed by atoms with Crippen LogP contribution in [0.2, 0.25) is 0 Å². The Balaban J connectivity index is 2.11. The van der Waals surface area contributed by atoms with Crippen molar-refractivity contribution in [3.8, 4) is 6.07 Å². The van der Waals surface area contributed by atoms with E-state index >= 15 is 0 Å². The molecule has 19 heavy (non-hydrogen) atoms. The fourth-order valence-electron chi connectivity index (χ4n) is 2.19. The highest BCUT2D eigenvalue weighted by atomic mass is 16.5. The molecule has 1 aromatic heterocycles. The number of aromatic nitrogens is 1. The topological polar surface area (TPSA) is 95.4 Å². The Kier molecular flexibility index (Phi) is 3.88. The number of nitrogen functional groups attached to an aromatic ring is 1. The normalized spacial score (nSPS) is 17.7. The molecule has 1 fully saturated rings. The maximum absolute atomic E-state index is 10.4. The Morgan fingerprint density at radius 1 is 1.53 bits per heavy atom. The second-order valence-corrected chi connectivity index (χ2v) is 4.91. The molecule has 2 heterocycles. The third kappa shape index (κ3) is 3.13. The van der Waals surface area contributed by atoms with Gasteiger partial charge in [0.05, 0.1) is 11.3 Å². The highest BCUT2D eigenvalue weighted by molar-refractivity contribution is 5.55. The maximum atomic E-state index is 10.4. The zero-order valence-corrected chi connectivity index (χ0v) is 11.0. The van der Waals surface area contributed by atoms with Crippen LogP contribution >= 0.6 is 0 Å².